The molecule has 1 aromatic carbocycles. The van der Waals surface area contributed by atoms with E-state index in [0.29, 0.717) is 6.04 Å². The Kier molecular flexibility index (Phi) is 5.18. The van der Waals surface area contributed by atoms with Crippen molar-refractivity contribution in [1.29, 1.82) is 0 Å². The Morgan fingerprint density at radius 1 is 1.04 bits per heavy atom. The molecule has 2 aliphatic rings. The maximum absolute atomic E-state index is 9.70. The molecule has 0 spiro atoms. The fourth-order valence-corrected chi connectivity index (χ4v) is 4.19. The zero-order valence-corrected chi connectivity index (χ0v) is 15.0. The molecule has 1 aliphatic carbocycles. The molecule has 1 aromatic heterocycles. The van der Waals surface area contributed by atoms with Gasteiger partial charge in [-0.25, -0.2) is 4.98 Å². The fraction of sp³-hybridized carbons (Fsp3) is 0.571. The molecule has 0 amide bonds. The van der Waals surface area contributed by atoms with Crippen LogP contribution in [0.4, 0.5) is 5.82 Å². The van der Waals surface area contributed by atoms with Gasteiger partial charge in [-0.3, -0.25) is 0 Å². The summed E-state index contributed by atoms with van der Waals surface area (Å²) in [6, 6.07) is 11.3. The number of nitrogens with one attached hydrogen (secondary N) is 1. The van der Waals surface area contributed by atoms with E-state index in [1.54, 1.807) is 0 Å². The van der Waals surface area contributed by atoms with Crippen molar-refractivity contribution < 1.29 is 5.11 Å². The van der Waals surface area contributed by atoms with Gasteiger partial charge in [-0.1, -0.05) is 18.2 Å². The minimum absolute atomic E-state index is 0.0932. The highest BCUT2D eigenvalue weighted by Crippen LogP contribution is 2.27. The molecule has 4 rings (SSSR count). The Hall–Kier alpha value is -1.65. The third-order valence-corrected chi connectivity index (χ3v) is 5.71. The third kappa shape index (κ3) is 3.96. The van der Waals surface area contributed by atoms with Crippen LogP contribution >= 0.6 is 0 Å². The first-order valence-electron chi connectivity index (χ1n) is 9.84. The van der Waals surface area contributed by atoms with Gasteiger partial charge in [0.15, 0.2) is 0 Å². The Bertz CT molecular complexity index is 703. The van der Waals surface area contributed by atoms with Crippen molar-refractivity contribution in [3.05, 3.63) is 35.9 Å². The zero-order chi connectivity index (χ0) is 17.1. The molecule has 2 fully saturated rings. The van der Waals surface area contributed by atoms with Gasteiger partial charge in [-0.15, -0.1) is 0 Å². The number of hydrogen-bond donors (Lipinski definition) is 2. The van der Waals surface area contributed by atoms with Crippen molar-refractivity contribution in [1.82, 2.24) is 10.3 Å². The largest absolute Gasteiger partial charge is 0.393 e. The number of aliphatic hydroxyl groups is 1. The molecule has 1 aliphatic heterocycles. The van der Waals surface area contributed by atoms with Gasteiger partial charge in [0.1, 0.15) is 5.82 Å². The Balaban J connectivity index is 1.56. The first-order chi connectivity index (χ1) is 12.3. The SMILES string of the molecule is OC1CCC(NCc2cc3ccccc3nc2N2CCCCC2)CC1. The highest BCUT2D eigenvalue weighted by molar-refractivity contribution is 5.81. The predicted molar refractivity (Wildman–Crippen MR) is 103 cm³/mol. The highest BCUT2D eigenvalue weighted by Gasteiger charge is 2.21. The van der Waals surface area contributed by atoms with Crippen molar-refractivity contribution >= 4 is 16.7 Å². The van der Waals surface area contributed by atoms with E-state index < -0.39 is 0 Å². The zero-order valence-electron chi connectivity index (χ0n) is 15.0. The van der Waals surface area contributed by atoms with Gasteiger partial charge in [0.2, 0.25) is 0 Å². The average molecular weight is 339 g/mol. The number of para-hydroxylation sites is 1. The molecule has 2 aromatic rings. The lowest BCUT2D eigenvalue weighted by molar-refractivity contribution is 0.116. The average Bonchev–Trinajstić information content (AvgIpc) is 2.67. The number of aromatic nitrogens is 1. The second-order valence-electron chi connectivity index (χ2n) is 7.60. The van der Waals surface area contributed by atoms with Crippen LogP contribution in [0.25, 0.3) is 10.9 Å². The number of nitrogens with zero attached hydrogens (tertiary/aromatic N) is 2. The maximum Gasteiger partial charge on any atom is 0.133 e. The van der Waals surface area contributed by atoms with Gasteiger partial charge in [-0.2, -0.15) is 0 Å². The minimum atomic E-state index is -0.0932. The smallest absolute Gasteiger partial charge is 0.133 e. The minimum Gasteiger partial charge on any atom is -0.393 e. The van der Waals surface area contributed by atoms with Crippen molar-refractivity contribution in [2.45, 2.75) is 63.6 Å². The monoisotopic (exact) mass is 339 g/mol. The standard InChI is InChI=1S/C21H29N3O/c25-19-10-8-18(9-11-19)22-15-17-14-16-6-2-3-7-20(16)23-21(17)24-12-4-1-5-13-24/h2-3,6-7,14,18-19,22,25H,1,4-5,8-13,15H2. The summed E-state index contributed by atoms with van der Waals surface area (Å²) in [5, 5.41) is 14.6. The Morgan fingerprint density at radius 3 is 2.60 bits per heavy atom. The summed E-state index contributed by atoms with van der Waals surface area (Å²) in [7, 11) is 0. The summed E-state index contributed by atoms with van der Waals surface area (Å²) in [5.74, 6) is 1.17. The summed E-state index contributed by atoms with van der Waals surface area (Å²) >= 11 is 0. The number of benzene rings is 1. The summed E-state index contributed by atoms with van der Waals surface area (Å²) < 4.78 is 0. The molecule has 4 nitrogen and oxygen atoms in total. The van der Waals surface area contributed by atoms with Gasteiger partial charge in [-0.05, 0) is 57.1 Å². The van der Waals surface area contributed by atoms with Gasteiger partial charge in [0.05, 0.1) is 11.6 Å². The van der Waals surface area contributed by atoms with Gasteiger partial charge >= 0.3 is 0 Å². The van der Waals surface area contributed by atoms with Crippen LogP contribution in [0.1, 0.15) is 50.5 Å². The van der Waals surface area contributed by atoms with E-state index in [9.17, 15) is 5.11 Å². The van der Waals surface area contributed by atoms with Gasteiger partial charge in [0, 0.05) is 36.6 Å². The van der Waals surface area contributed by atoms with Crippen LogP contribution in [0.15, 0.2) is 30.3 Å². The van der Waals surface area contributed by atoms with E-state index in [1.807, 2.05) is 0 Å². The van der Waals surface area contributed by atoms with Crippen LogP contribution in [-0.4, -0.2) is 35.3 Å². The molecule has 0 radical (unpaired) electrons. The molecule has 134 valence electrons. The number of hydrogen-bond acceptors (Lipinski definition) is 4. The molecule has 25 heavy (non-hydrogen) atoms. The third-order valence-electron chi connectivity index (χ3n) is 5.71. The molecule has 1 saturated heterocycles. The second-order valence-corrected chi connectivity index (χ2v) is 7.60. The molecule has 0 atom stereocenters. The predicted octanol–water partition coefficient (Wildman–Crippen LogP) is 3.62. The van der Waals surface area contributed by atoms with Crippen LogP contribution < -0.4 is 10.2 Å². The van der Waals surface area contributed by atoms with Crippen LogP contribution in [0.2, 0.25) is 0 Å². The van der Waals surface area contributed by atoms with Gasteiger partial charge in [0.25, 0.3) is 0 Å². The lowest BCUT2D eigenvalue weighted by Crippen LogP contribution is -2.35. The molecule has 1 saturated carbocycles. The summed E-state index contributed by atoms with van der Waals surface area (Å²) in [6.07, 6.45) is 7.76. The number of piperidine rings is 1. The lowest BCUT2D eigenvalue weighted by atomic mass is 9.93. The van der Waals surface area contributed by atoms with Crippen molar-refractivity contribution in [2.24, 2.45) is 0 Å². The van der Waals surface area contributed by atoms with Crippen molar-refractivity contribution in [3.8, 4) is 0 Å². The second kappa shape index (κ2) is 7.71. The number of pyridine rings is 1. The van der Waals surface area contributed by atoms with Gasteiger partial charge < -0.3 is 15.3 Å². The first kappa shape index (κ1) is 16.8. The molecule has 2 heterocycles. The summed E-state index contributed by atoms with van der Waals surface area (Å²) in [6.45, 7) is 3.10. The molecular weight excluding hydrogens is 310 g/mol. The van der Waals surface area contributed by atoms with E-state index in [0.717, 1.165) is 50.8 Å². The molecule has 0 unspecified atom stereocenters. The van der Waals surface area contributed by atoms with E-state index in [1.165, 1.54) is 36.0 Å². The quantitative estimate of drug-likeness (QED) is 0.893. The highest BCUT2D eigenvalue weighted by atomic mass is 16.3. The Labute approximate surface area is 150 Å². The number of anilines is 1. The molecular formula is C21H29N3O. The van der Waals surface area contributed by atoms with Crippen LogP contribution in [0.3, 0.4) is 0 Å². The summed E-state index contributed by atoms with van der Waals surface area (Å²) in [4.78, 5) is 7.49. The number of rotatable bonds is 4. The maximum atomic E-state index is 9.70. The van der Waals surface area contributed by atoms with Crippen LogP contribution in [0.5, 0.6) is 0 Å². The number of aliphatic hydroxyl groups excluding tert-OH is 1. The van der Waals surface area contributed by atoms with Crippen molar-refractivity contribution in [3.63, 3.8) is 0 Å². The lowest BCUT2D eigenvalue weighted by Gasteiger charge is -2.31. The van der Waals surface area contributed by atoms with Crippen LogP contribution in [-0.2, 0) is 6.54 Å². The van der Waals surface area contributed by atoms with E-state index in [-0.39, 0.29) is 6.10 Å². The van der Waals surface area contributed by atoms with E-state index >= 15 is 0 Å². The first-order valence-corrected chi connectivity index (χ1v) is 9.84. The topological polar surface area (TPSA) is 48.4 Å². The number of fused-ring (bicyclic) bond motifs is 1. The normalized spacial score (nSPS) is 24.6. The molecule has 2 N–H and O–H groups in total. The van der Waals surface area contributed by atoms with E-state index in [4.69, 9.17) is 4.98 Å². The van der Waals surface area contributed by atoms with Crippen LogP contribution in [0, 0.1) is 0 Å². The summed E-state index contributed by atoms with van der Waals surface area (Å²) in [5.41, 5.74) is 2.40. The van der Waals surface area contributed by atoms with E-state index in [2.05, 4.69) is 40.5 Å². The Morgan fingerprint density at radius 2 is 1.80 bits per heavy atom. The molecule has 0 bridgehead atoms. The van der Waals surface area contributed by atoms with Crippen molar-refractivity contribution in [2.75, 3.05) is 18.0 Å². The molecule has 4 heteroatoms. The fourth-order valence-electron chi connectivity index (χ4n) is 4.19.